The Morgan fingerprint density at radius 3 is 2.79 bits per heavy atom. The number of halogens is 1. The predicted octanol–water partition coefficient (Wildman–Crippen LogP) is 4.21. The number of aryl methyl sites for hydroxylation is 1. The van der Waals surface area contributed by atoms with Crippen molar-refractivity contribution in [2.24, 2.45) is 0 Å². The van der Waals surface area contributed by atoms with E-state index in [1.54, 1.807) is 11.3 Å². The number of nitrogens with one attached hydrogen (secondary N) is 1. The number of carbonyl (C=O) groups excluding carboxylic acids is 1. The molecule has 1 heterocycles. The first-order chi connectivity index (χ1) is 9.16. The zero-order valence-electron chi connectivity index (χ0n) is 10.7. The Hall–Kier alpha value is -1.32. The fourth-order valence-corrected chi connectivity index (χ4v) is 2.92. The normalized spacial score (nSPS) is 12.1. The van der Waals surface area contributed by atoms with Gasteiger partial charge in [-0.15, -0.1) is 11.3 Å². The summed E-state index contributed by atoms with van der Waals surface area (Å²) in [6.07, 6.45) is 1.30. The first-order valence-corrected chi connectivity index (χ1v) is 7.49. The van der Waals surface area contributed by atoms with Gasteiger partial charge in [-0.05, 0) is 36.4 Å². The third-order valence-corrected chi connectivity index (χ3v) is 4.21. The Balaban J connectivity index is 1.87. The van der Waals surface area contributed by atoms with Crippen LogP contribution >= 0.6 is 22.9 Å². The smallest absolute Gasteiger partial charge is 0.220 e. The summed E-state index contributed by atoms with van der Waals surface area (Å²) in [5.41, 5.74) is 0.952. The maximum absolute atomic E-state index is 11.9. The monoisotopic (exact) mass is 293 g/mol. The van der Waals surface area contributed by atoms with E-state index in [4.69, 9.17) is 11.6 Å². The minimum atomic E-state index is -0.0652. The number of carbonyl (C=O) groups is 1. The van der Waals surface area contributed by atoms with E-state index in [-0.39, 0.29) is 11.9 Å². The highest BCUT2D eigenvalue weighted by molar-refractivity contribution is 7.09. The van der Waals surface area contributed by atoms with Crippen LogP contribution in [0.3, 0.4) is 0 Å². The SMILES string of the molecule is C[C@H](NC(=O)CCc1cccs1)c1ccccc1Cl. The van der Waals surface area contributed by atoms with Gasteiger partial charge in [-0.25, -0.2) is 0 Å². The standard InChI is InChI=1S/C15H16ClNOS/c1-11(13-6-2-3-7-14(13)16)17-15(18)9-8-12-5-4-10-19-12/h2-7,10-11H,8-9H2,1H3,(H,17,18)/t11-/m0/s1. The maximum Gasteiger partial charge on any atom is 0.220 e. The quantitative estimate of drug-likeness (QED) is 0.879. The van der Waals surface area contributed by atoms with Crippen LogP contribution in [-0.2, 0) is 11.2 Å². The van der Waals surface area contributed by atoms with Crippen molar-refractivity contribution in [3.63, 3.8) is 0 Å². The van der Waals surface area contributed by atoms with Crippen LogP contribution < -0.4 is 5.32 Å². The predicted molar refractivity (Wildman–Crippen MR) is 80.6 cm³/mol. The molecule has 0 bridgehead atoms. The summed E-state index contributed by atoms with van der Waals surface area (Å²) in [6.45, 7) is 1.95. The molecule has 0 saturated heterocycles. The second-order valence-electron chi connectivity index (χ2n) is 4.39. The Kier molecular flexibility index (Phi) is 5.00. The van der Waals surface area contributed by atoms with E-state index < -0.39 is 0 Å². The van der Waals surface area contributed by atoms with Gasteiger partial charge in [0.15, 0.2) is 0 Å². The summed E-state index contributed by atoms with van der Waals surface area (Å²) in [7, 11) is 0. The number of amides is 1. The third kappa shape index (κ3) is 4.08. The average Bonchev–Trinajstić information content (AvgIpc) is 2.90. The minimum Gasteiger partial charge on any atom is -0.350 e. The van der Waals surface area contributed by atoms with Gasteiger partial charge in [0.05, 0.1) is 6.04 Å². The van der Waals surface area contributed by atoms with Crippen LogP contribution in [0.2, 0.25) is 5.02 Å². The Bertz CT molecular complexity index is 539. The summed E-state index contributed by atoms with van der Waals surface area (Å²) in [4.78, 5) is 13.1. The lowest BCUT2D eigenvalue weighted by atomic mass is 10.1. The molecule has 0 aliphatic carbocycles. The lowest BCUT2D eigenvalue weighted by molar-refractivity contribution is -0.121. The van der Waals surface area contributed by atoms with Gasteiger partial charge in [0, 0.05) is 16.3 Å². The topological polar surface area (TPSA) is 29.1 Å². The molecular formula is C15H16ClNOS. The third-order valence-electron chi connectivity index (χ3n) is 2.93. The first-order valence-electron chi connectivity index (χ1n) is 6.23. The van der Waals surface area contributed by atoms with E-state index in [1.807, 2.05) is 42.6 Å². The molecule has 1 atom stereocenters. The molecule has 2 aromatic rings. The summed E-state index contributed by atoms with van der Waals surface area (Å²) in [6, 6.07) is 11.6. The van der Waals surface area contributed by atoms with Gasteiger partial charge in [0.1, 0.15) is 0 Å². The summed E-state index contributed by atoms with van der Waals surface area (Å²) in [5, 5.41) is 5.70. The molecule has 1 aromatic heterocycles. The highest BCUT2D eigenvalue weighted by Gasteiger charge is 2.12. The molecule has 100 valence electrons. The van der Waals surface area contributed by atoms with Crippen molar-refractivity contribution >= 4 is 28.8 Å². The number of hydrogen-bond donors (Lipinski definition) is 1. The molecule has 0 radical (unpaired) electrons. The van der Waals surface area contributed by atoms with Gasteiger partial charge in [-0.3, -0.25) is 4.79 Å². The molecule has 1 aromatic carbocycles. The van der Waals surface area contributed by atoms with Crippen molar-refractivity contribution in [1.82, 2.24) is 5.32 Å². The number of thiophene rings is 1. The molecule has 0 saturated carbocycles. The Labute approximate surface area is 122 Å². The van der Waals surface area contributed by atoms with E-state index in [1.165, 1.54) is 4.88 Å². The van der Waals surface area contributed by atoms with Gasteiger partial charge in [0.2, 0.25) is 5.91 Å². The van der Waals surface area contributed by atoms with E-state index in [0.29, 0.717) is 11.4 Å². The zero-order chi connectivity index (χ0) is 13.7. The lowest BCUT2D eigenvalue weighted by Crippen LogP contribution is -2.26. The van der Waals surface area contributed by atoms with Gasteiger partial charge in [0.25, 0.3) is 0 Å². The molecule has 2 nitrogen and oxygen atoms in total. The maximum atomic E-state index is 11.9. The van der Waals surface area contributed by atoms with Crippen LogP contribution in [0.4, 0.5) is 0 Å². The molecule has 0 fully saturated rings. The van der Waals surface area contributed by atoms with E-state index in [9.17, 15) is 4.79 Å². The molecule has 1 N–H and O–H groups in total. The molecule has 1 amide bonds. The van der Waals surface area contributed by atoms with Gasteiger partial charge in [-0.2, -0.15) is 0 Å². The lowest BCUT2D eigenvalue weighted by Gasteiger charge is -2.15. The average molecular weight is 294 g/mol. The van der Waals surface area contributed by atoms with E-state index >= 15 is 0 Å². The van der Waals surface area contributed by atoms with Crippen molar-refractivity contribution in [2.75, 3.05) is 0 Å². The summed E-state index contributed by atoms with van der Waals surface area (Å²) >= 11 is 7.79. The van der Waals surface area contributed by atoms with Crippen molar-refractivity contribution in [3.05, 3.63) is 57.2 Å². The molecule has 4 heteroatoms. The van der Waals surface area contributed by atoms with Crippen molar-refractivity contribution in [1.29, 1.82) is 0 Å². The number of rotatable bonds is 5. The van der Waals surface area contributed by atoms with Crippen LogP contribution in [-0.4, -0.2) is 5.91 Å². The van der Waals surface area contributed by atoms with Crippen molar-refractivity contribution in [3.8, 4) is 0 Å². The minimum absolute atomic E-state index is 0.0563. The molecule has 0 spiro atoms. The Morgan fingerprint density at radius 1 is 1.32 bits per heavy atom. The van der Waals surface area contributed by atoms with Crippen LogP contribution in [0.15, 0.2) is 41.8 Å². The second-order valence-corrected chi connectivity index (χ2v) is 5.83. The van der Waals surface area contributed by atoms with Crippen LogP contribution in [0.25, 0.3) is 0 Å². The molecule has 0 aliphatic rings. The summed E-state index contributed by atoms with van der Waals surface area (Å²) < 4.78 is 0. The molecule has 0 aliphatic heterocycles. The molecular weight excluding hydrogens is 278 g/mol. The van der Waals surface area contributed by atoms with Gasteiger partial charge in [-0.1, -0.05) is 35.9 Å². The second kappa shape index (κ2) is 6.73. The van der Waals surface area contributed by atoms with Crippen LogP contribution in [0, 0.1) is 0 Å². The first kappa shape index (κ1) is 14.1. The highest BCUT2D eigenvalue weighted by atomic mass is 35.5. The van der Waals surface area contributed by atoms with Gasteiger partial charge < -0.3 is 5.32 Å². The van der Waals surface area contributed by atoms with Crippen LogP contribution in [0.1, 0.15) is 29.8 Å². The van der Waals surface area contributed by atoms with Crippen molar-refractivity contribution < 1.29 is 4.79 Å². The van der Waals surface area contributed by atoms with Crippen LogP contribution in [0.5, 0.6) is 0 Å². The highest BCUT2D eigenvalue weighted by Crippen LogP contribution is 2.22. The van der Waals surface area contributed by atoms with E-state index in [0.717, 1.165) is 12.0 Å². The van der Waals surface area contributed by atoms with Gasteiger partial charge >= 0.3 is 0 Å². The molecule has 0 unspecified atom stereocenters. The molecule has 19 heavy (non-hydrogen) atoms. The number of benzene rings is 1. The summed E-state index contributed by atoms with van der Waals surface area (Å²) in [5.74, 6) is 0.0563. The fraction of sp³-hybridized carbons (Fsp3) is 0.267. The largest absolute Gasteiger partial charge is 0.350 e. The molecule has 2 rings (SSSR count). The Morgan fingerprint density at radius 2 is 2.11 bits per heavy atom. The van der Waals surface area contributed by atoms with E-state index in [2.05, 4.69) is 11.4 Å². The fourth-order valence-electron chi connectivity index (χ4n) is 1.91. The number of hydrogen-bond acceptors (Lipinski definition) is 2. The zero-order valence-corrected chi connectivity index (χ0v) is 12.3. The van der Waals surface area contributed by atoms with Crippen molar-refractivity contribution in [2.45, 2.75) is 25.8 Å².